The molecule has 0 bridgehead atoms. The normalized spacial score (nSPS) is 11.2. The van der Waals surface area contributed by atoms with Crippen LogP contribution in [0.1, 0.15) is 5.56 Å². The third kappa shape index (κ3) is 4.24. The number of anilines is 2. The molecule has 4 rings (SSSR count). The molecule has 10 heteroatoms. The first-order chi connectivity index (χ1) is 14.4. The van der Waals surface area contributed by atoms with Gasteiger partial charge in [-0.2, -0.15) is 0 Å². The number of aromatic nitrogens is 2. The first kappa shape index (κ1) is 19.8. The number of nitrogens with one attached hydrogen (secondary N) is 2. The van der Waals surface area contributed by atoms with Crippen LogP contribution in [-0.2, 0) is 10.0 Å². The van der Waals surface area contributed by atoms with Gasteiger partial charge >= 0.3 is 6.09 Å². The third-order valence-electron chi connectivity index (χ3n) is 4.20. The minimum Gasteiger partial charge on any atom is -0.409 e. The second-order valence-electron chi connectivity index (χ2n) is 6.26. The minimum atomic E-state index is -3.76. The Balaban J connectivity index is 1.46. The van der Waals surface area contributed by atoms with Crippen molar-refractivity contribution in [2.75, 3.05) is 10.0 Å². The number of rotatable bonds is 5. The van der Waals surface area contributed by atoms with Crippen molar-refractivity contribution >= 4 is 49.2 Å². The van der Waals surface area contributed by atoms with Crippen molar-refractivity contribution in [2.45, 2.75) is 11.8 Å². The molecule has 152 valence electrons. The van der Waals surface area contributed by atoms with Gasteiger partial charge in [0.2, 0.25) is 0 Å². The highest BCUT2D eigenvalue weighted by Crippen LogP contribution is 2.26. The summed E-state index contributed by atoms with van der Waals surface area (Å²) in [5.74, 6) is 0.382. The lowest BCUT2D eigenvalue weighted by Gasteiger charge is -2.10. The number of ether oxygens (including phenoxy) is 1. The molecule has 0 aliphatic carbocycles. The van der Waals surface area contributed by atoms with E-state index in [0.29, 0.717) is 11.4 Å². The maximum absolute atomic E-state index is 12.4. The Bertz CT molecular complexity index is 1300. The molecule has 0 saturated carbocycles. The fraction of sp³-hybridized carbons (Fsp3) is 0.0500. The number of hydrogen-bond acceptors (Lipinski definition) is 7. The number of benzene rings is 2. The van der Waals surface area contributed by atoms with Crippen LogP contribution in [0.5, 0.6) is 5.75 Å². The van der Waals surface area contributed by atoms with Crippen molar-refractivity contribution in [3.05, 3.63) is 71.9 Å². The predicted octanol–water partition coefficient (Wildman–Crippen LogP) is 4.41. The average molecular weight is 441 g/mol. The third-order valence-corrected chi connectivity index (χ3v) is 6.37. The van der Waals surface area contributed by atoms with Gasteiger partial charge in [0, 0.05) is 28.8 Å². The summed E-state index contributed by atoms with van der Waals surface area (Å²) >= 11 is 1.18. The van der Waals surface area contributed by atoms with Gasteiger partial charge in [-0.1, -0.05) is 12.1 Å². The molecule has 0 aliphatic heterocycles. The van der Waals surface area contributed by atoms with Crippen molar-refractivity contribution < 1.29 is 17.9 Å². The number of fused-ring (bicyclic) bond motifs is 1. The van der Waals surface area contributed by atoms with E-state index < -0.39 is 16.1 Å². The lowest BCUT2D eigenvalue weighted by Crippen LogP contribution is -2.17. The van der Waals surface area contributed by atoms with E-state index in [0.717, 1.165) is 16.5 Å². The largest absolute Gasteiger partial charge is 0.417 e. The molecule has 0 radical (unpaired) electrons. The van der Waals surface area contributed by atoms with Crippen LogP contribution in [0.2, 0.25) is 0 Å². The van der Waals surface area contributed by atoms with Crippen molar-refractivity contribution in [2.24, 2.45) is 0 Å². The van der Waals surface area contributed by atoms with E-state index in [-0.39, 0.29) is 10.0 Å². The Morgan fingerprint density at radius 3 is 2.57 bits per heavy atom. The van der Waals surface area contributed by atoms with E-state index in [1.165, 1.54) is 41.8 Å². The summed E-state index contributed by atoms with van der Waals surface area (Å²) in [6.07, 6.45) is 2.39. The Kier molecular flexibility index (Phi) is 5.34. The summed E-state index contributed by atoms with van der Waals surface area (Å²) in [6.45, 7) is 1.93. The topological polar surface area (TPSA) is 110 Å². The van der Waals surface area contributed by atoms with Crippen LogP contribution in [0.4, 0.5) is 15.6 Å². The van der Waals surface area contributed by atoms with E-state index >= 15 is 0 Å². The van der Waals surface area contributed by atoms with Gasteiger partial charge in [0.1, 0.15) is 5.75 Å². The van der Waals surface area contributed by atoms with Gasteiger partial charge in [-0.15, -0.1) is 11.3 Å². The number of carbonyl (C=O) groups is 1. The average Bonchev–Trinajstić information content (AvgIpc) is 3.21. The second kappa shape index (κ2) is 8.09. The quantitative estimate of drug-likeness (QED) is 0.476. The molecule has 0 atom stereocenters. The van der Waals surface area contributed by atoms with Crippen LogP contribution in [0.25, 0.3) is 10.9 Å². The standard InChI is InChI=1S/C20H16N4O4S2/c1-13-3-2-4-16-17(9-10-21-18(13)16)28-20(25)23-14-5-7-15(8-6-14)30(26,27)24-19-22-11-12-29-19/h2-12H,1H3,(H,22,24)(H,23,25). The van der Waals surface area contributed by atoms with Crippen LogP contribution < -0.4 is 14.8 Å². The molecule has 0 unspecified atom stereocenters. The van der Waals surface area contributed by atoms with E-state index in [9.17, 15) is 13.2 Å². The van der Waals surface area contributed by atoms with Crippen molar-refractivity contribution in [1.29, 1.82) is 0 Å². The number of hydrogen-bond donors (Lipinski definition) is 2. The van der Waals surface area contributed by atoms with Gasteiger partial charge < -0.3 is 4.74 Å². The minimum absolute atomic E-state index is 0.0484. The first-order valence-electron chi connectivity index (χ1n) is 8.78. The molecule has 2 N–H and O–H groups in total. The lowest BCUT2D eigenvalue weighted by molar-refractivity contribution is 0.215. The van der Waals surface area contributed by atoms with E-state index in [2.05, 4.69) is 20.0 Å². The van der Waals surface area contributed by atoms with Gasteiger partial charge in [-0.05, 0) is 48.9 Å². The Hall–Kier alpha value is -3.50. The fourth-order valence-electron chi connectivity index (χ4n) is 2.80. The van der Waals surface area contributed by atoms with E-state index in [1.54, 1.807) is 17.6 Å². The zero-order valence-electron chi connectivity index (χ0n) is 15.7. The molecule has 1 amide bonds. The monoisotopic (exact) mass is 440 g/mol. The molecule has 8 nitrogen and oxygen atoms in total. The summed E-state index contributed by atoms with van der Waals surface area (Å²) in [5, 5.41) is 5.26. The molecular weight excluding hydrogens is 424 g/mol. The maximum Gasteiger partial charge on any atom is 0.417 e. The number of pyridine rings is 1. The Morgan fingerprint density at radius 2 is 1.83 bits per heavy atom. The zero-order valence-corrected chi connectivity index (χ0v) is 17.3. The van der Waals surface area contributed by atoms with Crippen LogP contribution in [0.3, 0.4) is 0 Å². The zero-order chi connectivity index (χ0) is 21.1. The molecule has 0 saturated heterocycles. The summed E-state index contributed by atoms with van der Waals surface area (Å²) < 4.78 is 32.5. The van der Waals surface area contributed by atoms with E-state index in [1.807, 2.05) is 25.1 Å². The number of sulfonamides is 1. The molecule has 2 aromatic heterocycles. The van der Waals surface area contributed by atoms with Crippen LogP contribution in [0, 0.1) is 6.92 Å². The van der Waals surface area contributed by atoms with Crippen LogP contribution in [0.15, 0.2) is 71.2 Å². The molecular formula is C20H16N4O4S2. The Labute approximate surface area is 176 Å². The van der Waals surface area contributed by atoms with Gasteiger partial charge in [0.05, 0.1) is 10.4 Å². The van der Waals surface area contributed by atoms with Gasteiger partial charge in [-0.3, -0.25) is 15.0 Å². The number of carbonyl (C=O) groups excluding carboxylic acids is 1. The molecule has 4 aromatic rings. The number of aryl methyl sites for hydroxylation is 1. The maximum atomic E-state index is 12.4. The number of thiazole rings is 1. The van der Waals surface area contributed by atoms with Gasteiger partial charge in [0.25, 0.3) is 10.0 Å². The predicted molar refractivity (Wildman–Crippen MR) is 115 cm³/mol. The van der Waals surface area contributed by atoms with Crippen LogP contribution >= 0.6 is 11.3 Å². The number of amides is 1. The summed E-state index contributed by atoms with van der Waals surface area (Å²) in [4.78, 5) is 20.6. The molecule has 2 heterocycles. The number of nitrogens with zero attached hydrogens (tertiary/aromatic N) is 2. The molecule has 0 spiro atoms. The van der Waals surface area contributed by atoms with Crippen molar-refractivity contribution in [3.63, 3.8) is 0 Å². The molecule has 30 heavy (non-hydrogen) atoms. The number of para-hydroxylation sites is 1. The van der Waals surface area contributed by atoms with Crippen LogP contribution in [-0.4, -0.2) is 24.5 Å². The highest BCUT2D eigenvalue weighted by Gasteiger charge is 2.16. The second-order valence-corrected chi connectivity index (χ2v) is 8.84. The van der Waals surface area contributed by atoms with Crippen molar-refractivity contribution in [1.82, 2.24) is 9.97 Å². The highest BCUT2D eigenvalue weighted by atomic mass is 32.2. The smallest absolute Gasteiger partial charge is 0.409 e. The van der Waals surface area contributed by atoms with Gasteiger partial charge in [0.15, 0.2) is 5.13 Å². The first-order valence-corrected chi connectivity index (χ1v) is 11.1. The van der Waals surface area contributed by atoms with Crippen molar-refractivity contribution in [3.8, 4) is 5.75 Å². The SMILES string of the molecule is Cc1cccc2c(OC(=O)Nc3ccc(S(=O)(=O)Nc4nccs4)cc3)ccnc12. The van der Waals surface area contributed by atoms with E-state index in [4.69, 9.17) is 4.74 Å². The lowest BCUT2D eigenvalue weighted by atomic mass is 10.1. The Morgan fingerprint density at radius 1 is 1.03 bits per heavy atom. The molecule has 0 fully saturated rings. The summed E-state index contributed by atoms with van der Waals surface area (Å²) in [5.41, 5.74) is 2.12. The van der Waals surface area contributed by atoms with Gasteiger partial charge in [-0.25, -0.2) is 18.2 Å². The highest BCUT2D eigenvalue weighted by molar-refractivity contribution is 7.93. The summed E-state index contributed by atoms with van der Waals surface area (Å²) in [7, 11) is -3.76. The molecule has 2 aromatic carbocycles. The molecule has 0 aliphatic rings. The fourth-order valence-corrected chi connectivity index (χ4v) is 4.58. The summed E-state index contributed by atoms with van der Waals surface area (Å²) in [6, 6.07) is 13.0.